The Morgan fingerprint density at radius 3 is 2.43 bits per heavy atom. The lowest BCUT2D eigenvalue weighted by molar-refractivity contribution is -0.121. The minimum atomic E-state index is -3.43. The second-order valence-corrected chi connectivity index (χ2v) is 7.04. The van der Waals surface area contributed by atoms with Crippen LogP contribution in [0.1, 0.15) is 11.7 Å². The van der Waals surface area contributed by atoms with Crippen molar-refractivity contribution in [2.24, 2.45) is 0 Å². The van der Waals surface area contributed by atoms with Crippen LogP contribution in [0, 0.1) is 0 Å². The molecule has 1 aromatic carbocycles. The number of hydrogen-bond donors (Lipinski definition) is 2. The number of aliphatic hydroxyl groups is 1. The molecule has 0 aliphatic heterocycles. The van der Waals surface area contributed by atoms with E-state index in [9.17, 15) is 18.3 Å². The summed E-state index contributed by atoms with van der Waals surface area (Å²) >= 11 is 0. The third kappa shape index (κ3) is 5.70. The summed E-state index contributed by atoms with van der Waals surface area (Å²) in [6.07, 6.45) is 0.0565. The number of nitrogens with one attached hydrogen (secondary N) is 1. The summed E-state index contributed by atoms with van der Waals surface area (Å²) in [7, 11) is 0.869. The summed E-state index contributed by atoms with van der Waals surface area (Å²) in [5.74, 6) is 0.493. The third-order valence-corrected chi connectivity index (χ3v) is 4.48. The first-order chi connectivity index (χ1) is 10.7. The van der Waals surface area contributed by atoms with Gasteiger partial charge in [0.2, 0.25) is 15.9 Å². The molecule has 1 aromatic rings. The molecule has 1 amide bonds. The molecule has 23 heavy (non-hydrogen) atoms. The predicted octanol–water partition coefficient (Wildman–Crippen LogP) is -0.255. The van der Waals surface area contributed by atoms with Gasteiger partial charge in [0, 0.05) is 13.6 Å². The van der Waals surface area contributed by atoms with Crippen LogP contribution in [0.2, 0.25) is 0 Å². The second kappa shape index (κ2) is 8.14. The normalized spacial score (nSPS) is 12.8. The number of nitrogens with zero attached hydrogens (tertiary/aromatic N) is 1. The van der Waals surface area contributed by atoms with E-state index < -0.39 is 22.0 Å². The number of amides is 1. The second-order valence-electron chi connectivity index (χ2n) is 4.95. The molecule has 0 bridgehead atoms. The largest absolute Gasteiger partial charge is 0.493 e. The molecule has 0 radical (unpaired) electrons. The van der Waals surface area contributed by atoms with Crippen molar-refractivity contribution in [1.29, 1.82) is 0 Å². The Bertz CT molecular complexity index is 647. The highest BCUT2D eigenvalue weighted by molar-refractivity contribution is 7.88. The molecule has 9 heteroatoms. The van der Waals surface area contributed by atoms with Crippen LogP contribution in [0.3, 0.4) is 0 Å². The number of carbonyl (C=O) groups excluding carboxylic acids is 1. The Labute approximate surface area is 136 Å². The van der Waals surface area contributed by atoms with Crippen molar-refractivity contribution >= 4 is 15.9 Å². The zero-order valence-corrected chi connectivity index (χ0v) is 14.4. The topological polar surface area (TPSA) is 105 Å². The van der Waals surface area contributed by atoms with E-state index in [1.807, 2.05) is 0 Å². The Morgan fingerprint density at radius 1 is 1.30 bits per heavy atom. The van der Waals surface area contributed by atoms with Gasteiger partial charge in [0.15, 0.2) is 11.5 Å². The van der Waals surface area contributed by atoms with Gasteiger partial charge >= 0.3 is 0 Å². The van der Waals surface area contributed by atoms with Gasteiger partial charge < -0.3 is 19.9 Å². The molecule has 0 aliphatic carbocycles. The molecular weight excluding hydrogens is 324 g/mol. The summed E-state index contributed by atoms with van der Waals surface area (Å²) in [5, 5.41) is 12.6. The number of carbonyl (C=O) groups is 1. The zero-order valence-electron chi connectivity index (χ0n) is 13.6. The molecule has 130 valence electrons. The van der Waals surface area contributed by atoms with E-state index in [0.717, 1.165) is 10.6 Å². The number of hydrogen-bond acceptors (Lipinski definition) is 6. The molecule has 0 fully saturated rings. The maximum Gasteiger partial charge on any atom is 0.235 e. The molecular formula is C14H22N2O6S. The third-order valence-electron chi connectivity index (χ3n) is 3.22. The maximum absolute atomic E-state index is 11.7. The Balaban J connectivity index is 2.63. The van der Waals surface area contributed by atoms with E-state index >= 15 is 0 Å². The molecule has 0 saturated carbocycles. The van der Waals surface area contributed by atoms with Gasteiger partial charge in [-0.05, 0) is 17.7 Å². The van der Waals surface area contributed by atoms with E-state index in [1.54, 1.807) is 18.2 Å². The molecule has 0 saturated heterocycles. The van der Waals surface area contributed by atoms with Gasteiger partial charge in [-0.1, -0.05) is 6.07 Å². The van der Waals surface area contributed by atoms with Gasteiger partial charge in [-0.3, -0.25) is 4.79 Å². The van der Waals surface area contributed by atoms with Crippen molar-refractivity contribution in [3.8, 4) is 11.5 Å². The molecule has 2 N–H and O–H groups in total. The number of methoxy groups -OCH3 is 2. The smallest absolute Gasteiger partial charge is 0.235 e. The van der Waals surface area contributed by atoms with Crippen molar-refractivity contribution in [2.75, 3.05) is 40.6 Å². The fourth-order valence-electron chi connectivity index (χ4n) is 1.76. The number of rotatable bonds is 8. The van der Waals surface area contributed by atoms with Gasteiger partial charge in [0.25, 0.3) is 0 Å². The van der Waals surface area contributed by atoms with Crippen molar-refractivity contribution in [3.63, 3.8) is 0 Å². The highest BCUT2D eigenvalue weighted by Crippen LogP contribution is 2.29. The zero-order chi connectivity index (χ0) is 17.6. The highest BCUT2D eigenvalue weighted by Gasteiger charge is 2.17. The maximum atomic E-state index is 11.7. The van der Waals surface area contributed by atoms with E-state index in [1.165, 1.54) is 21.3 Å². The fourth-order valence-corrected chi connectivity index (χ4v) is 2.12. The monoisotopic (exact) mass is 346 g/mol. The van der Waals surface area contributed by atoms with Crippen molar-refractivity contribution in [2.45, 2.75) is 6.10 Å². The summed E-state index contributed by atoms with van der Waals surface area (Å²) in [6, 6.07) is 4.91. The lowest BCUT2D eigenvalue weighted by Gasteiger charge is -2.17. The van der Waals surface area contributed by atoms with Crippen LogP contribution in [0.25, 0.3) is 0 Å². The lowest BCUT2D eigenvalue weighted by Crippen LogP contribution is -2.39. The van der Waals surface area contributed by atoms with Crippen LogP contribution in [-0.4, -0.2) is 64.3 Å². The Hall–Kier alpha value is -1.84. The van der Waals surface area contributed by atoms with Crippen LogP contribution in [0.5, 0.6) is 11.5 Å². The molecule has 0 spiro atoms. The van der Waals surface area contributed by atoms with Crippen LogP contribution in [-0.2, 0) is 14.8 Å². The first-order valence-corrected chi connectivity index (χ1v) is 8.62. The van der Waals surface area contributed by atoms with Crippen molar-refractivity contribution in [1.82, 2.24) is 9.62 Å². The molecule has 0 heterocycles. The molecule has 1 atom stereocenters. The number of aliphatic hydroxyl groups excluding tert-OH is 1. The van der Waals surface area contributed by atoms with Crippen LogP contribution in [0.15, 0.2) is 18.2 Å². The summed E-state index contributed by atoms with van der Waals surface area (Å²) in [5.41, 5.74) is 0.541. The molecule has 1 rings (SSSR count). The van der Waals surface area contributed by atoms with Crippen molar-refractivity contribution < 1.29 is 27.8 Å². The van der Waals surface area contributed by atoms with Gasteiger partial charge in [0.1, 0.15) is 0 Å². The average molecular weight is 346 g/mol. The summed E-state index contributed by atoms with van der Waals surface area (Å²) in [6.45, 7) is -0.358. The van der Waals surface area contributed by atoms with E-state index in [4.69, 9.17) is 9.47 Å². The summed E-state index contributed by atoms with van der Waals surface area (Å²) in [4.78, 5) is 11.7. The van der Waals surface area contributed by atoms with Crippen LogP contribution < -0.4 is 14.8 Å². The van der Waals surface area contributed by atoms with E-state index in [0.29, 0.717) is 17.1 Å². The highest BCUT2D eigenvalue weighted by atomic mass is 32.2. The molecule has 0 aliphatic rings. The minimum absolute atomic E-state index is 0.0497. The Kier molecular flexibility index (Phi) is 6.79. The van der Waals surface area contributed by atoms with E-state index in [-0.39, 0.29) is 13.1 Å². The number of ether oxygens (including phenoxy) is 2. The molecule has 8 nitrogen and oxygen atoms in total. The first kappa shape index (κ1) is 19.2. The minimum Gasteiger partial charge on any atom is -0.493 e. The Morgan fingerprint density at radius 2 is 1.91 bits per heavy atom. The fraction of sp³-hybridized carbons (Fsp3) is 0.500. The van der Waals surface area contributed by atoms with Crippen molar-refractivity contribution in [3.05, 3.63) is 23.8 Å². The molecule has 0 aromatic heterocycles. The standard InChI is InChI=1S/C14H22N2O6S/c1-16(23(4,19)20)9-14(18)15-8-11(17)10-5-6-12(21-2)13(7-10)22-3/h5-7,11,17H,8-9H2,1-4H3,(H,15,18). The van der Waals surface area contributed by atoms with E-state index in [2.05, 4.69) is 5.32 Å². The average Bonchev–Trinajstić information content (AvgIpc) is 2.50. The lowest BCUT2D eigenvalue weighted by atomic mass is 10.1. The molecule has 1 unspecified atom stereocenters. The van der Waals surface area contributed by atoms with Crippen LogP contribution >= 0.6 is 0 Å². The number of benzene rings is 1. The van der Waals surface area contributed by atoms with Gasteiger partial charge in [-0.25, -0.2) is 8.42 Å². The number of likely N-dealkylation sites (N-methyl/N-ethyl adjacent to an activating group) is 1. The summed E-state index contributed by atoms with van der Waals surface area (Å²) < 4.78 is 33.6. The first-order valence-electron chi connectivity index (χ1n) is 6.77. The number of sulfonamides is 1. The quantitative estimate of drug-likeness (QED) is 0.672. The van der Waals surface area contributed by atoms with Gasteiger partial charge in [0.05, 0.1) is 33.1 Å². The van der Waals surface area contributed by atoms with Gasteiger partial charge in [-0.15, -0.1) is 0 Å². The van der Waals surface area contributed by atoms with Gasteiger partial charge in [-0.2, -0.15) is 4.31 Å². The predicted molar refractivity (Wildman–Crippen MR) is 85.0 cm³/mol. The SMILES string of the molecule is COc1ccc(C(O)CNC(=O)CN(C)S(C)(=O)=O)cc1OC. The van der Waals surface area contributed by atoms with Crippen LogP contribution in [0.4, 0.5) is 0 Å².